The number of hydrogen-bond donors (Lipinski definition) is 3. The minimum Gasteiger partial charge on any atom is -1.00 e. The molecule has 29 heavy (non-hydrogen) atoms. The van der Waals surface area contributed by atoms with Gasteiger partial charge in [0.05, 0.1) is 7.05 Å². The first-order chi connectivity index (χ1) is 13.7. The number of carbonyl (C=O) groups excluding carboxylic acids is 1. The molecule has 0 aliphatic rings. The summed E-state index contributed by atoms with van der Waals surface area (Å²) in [6.45, 7) is 1.87. The van der Waals surface area contributed by atoms with E-state index >= 15 is 0 Å². The number of aliphatic hydroxyl groups excluding tert-OH is 2. The van der Waals surface area contributed by atoms with Crippen molar-refractivity contribution in [2.24, 2.45) is 5.92 Å². The molecule has 0 aromatic rings. The van der Waals surface area contributed by atoms with Crippen LogP contribution >= 0.6 is 0 Å². The maximum Gasteiger partial charge on any atom is 0.305 e. The van der Waals surface area contributed by atoms with E-state index in [9.17, 15) is 4.79 Å². The summed E-state index contributed by atoms with van der Waals surface area (Å²) in [7, 11) is 1.98. The first-order valence-electron chi connectivity index (χ1n) is 11.9. The van der Waals surface area contributed by atoms with Crippen molar-refractivity contribution in [2.75, 3.05) is 33.4 Å². The number of unbranched alkanes of at least 4 members (excludes halogenated alkanes) is 11. The number of rotatable bonds is 22. The molecule has 0 radical (unpaired) electrons. The summed E-state index contributed by atoms with van der Waals surface area (Å²) in [5, 5.41) is 20.1. The molecule has 0 fully saturated rings. The van der Waals surface area contributed by atoms with Crippen LogP contribution in [0.2, 0.25) is 0 Å². The third-order valence-electron chi connectivity index (χ3n) is 5.49. The molecule has 0 amide bonds. The summed E-state index contributed by atoms with van der Waals surface area (Å²) in [6.07, 6.45) is 18.5. The third kappa shape index (κ3) is 24.2. The fourth-order valence-corrected chi connectivity index (χ4v) is 3.63. The number of esters is 1. The van der Waals surface area contributed by atoms with Gasteiger partial charge in [-0.25, -0.2) is 0 Å². The summed E-state index contributed by atoms with van der Waals surface area (Å²) in [5.41, 5.74) is 0. The Hall–Kier alpha value is 0.0800. The normalized spacial score (nSPS) is 10.9. The van der Waals surface area contributed by atoms with Gasteiger partial charge < -0.3 is 44.2 Å². The molecule has 0 heterocycles. The lowest BCUT2D eigenvalue weighted by Crippen LogP contribution is -3.00. The van der Waals surface area contributed by atoms with E-state index < -0.39 is 0 Å². The number of halogens is 1. The van der Waals surface area contributed by atoms with Gasteiger partial charge in [0.2, 0.25) is 0 Å². The average Bonchev–Trinajstić information content (AvgIpc) is 2.68. The molecule has 5 nitrogen and oxygen atoms in total. The van der Waals surface area contributed by atoms with Crippen LogP contribution in [0, 0.1) is 5.92 Å². The van der Waals surface area contributed by atoms with E-state index in [1.54, 1.807) is 0 Å². The molecule has 0 spiro atoms. The quantitative estimate of drug-likeness (QED) is 0.109. The number of carbonyl (C=O) groups is 1. The van der Waals surface area contributed by atoms with Crippen molar-refractivity contribution in [3.63, 3.8) is 0 Å². The zero-order valence-electron chi connectivity index (χ0n) is 18.9. The van der Waals surface area contributed by atoms with Crippen molar-refractivity contribution >= 4 is 5.97 Å². The van der Waals surface area contributed by atoms with Gasteiger partial charge in [0.25, 0.3) is 0 Å². The first kappa shape index (κ1) is 31.3. The van der Waals surface area contributed by atoms with Crippen molar-refractivity contribution in [3.05, 3.63) is 0 Å². The molecule has 0 aliphatic heterocycles. The van der Waals surface area contributed by atoms with Crippen molar-refractivity contribution in [3.8, 4) is 0 Å². The Morgan fingerprint density at radius 3 is 1.66 bits per heavy atom. The Labute approximate surface area is 196 Å². The van der Waals surface area contributed by atoms with Gasteiger partial charge in [-0.3, -0.25) is 4.79 Å². The smallest absolute Gasteiger partial charge is 0.305 e. The number of aliphatic hydroxyl groups is 2. The summed E-state index contributed by atoms with van der Waals surface area (Å²) < 4.78 is 5.13. The highest BCUT2D eigenvalue weighted by molar-refractivity contribution is 5.69. The maximum absolute atomic E-state index is 11.5. The second-order valence-electron chi connectivity index (χ2n) is 8.09. The molecule has 176 valence electrons. The van der Waals surface area contributed by atoms with E-state index in [1.807, 2.05) is 12.4 Å². The Morgan fingerprint density at radius 2 is 1.21 bits per heavy atom. The molecule has 0 atom stereocenters. The lowest BCUT2D eigenvalue weighted by molar-refractivity contribution is -0.628. The fourth-order valence-electron chi connectivity index (χ4n) is 3.63. The van der Waals surface area contributed by atoms with Crippen molar-refractivity contribution in [2.45, 2.75) is 103 Å². The van der Waals surface area contributed by atoms with Crippen LogP contribution in [0.5, 0.6) is 0 Å². The highest BCUT2D eigenvalue weighted by Gasteiger charge is 2.07. The predicted octanol–water partition coefficient (Wildman–Crippen LogP) is 0.569. The molecule has 0 saturated heterocycles. The van der Waals surface area contributed by atoms with Crippen LogP contribution in [-0.2, 0) is 9.53 Å². The Kier molecular flexibility index (Phi) is 28.2. The Balaban J connectivity index is 0. The summed E-state index contributed by atoms with van der Waals surface area (Å²) >= 11 is 0. The minimum atomic E-state index is -0.0424. The highest BCUT2D eigenvalue weighted by Crippen LogP contribution is 2.18. The van der Waals surface area contributed by atoms with Crippen LogP contribution in [-0.4, -0.2) is 49.6 Å². The lowest BCUT2D eigenvalue weighted by atomic mass is 9.94. The average molecular weight is 530 g/mol. The van der Waals surface area contributed by atoms with E-state index in [0.29, 0.717) is 18.9 Å². The van der Waals surface area contributed by atoms with E-state index in [2.05, 4.69) is 0 Å². The van der Waals surface area contributed by atoms with E-state index in [1.165, 1.54) is 64.2 Å². The van der Waals surface area contributed by atoms with Crippen LogP contribution in [0.4, 0.5) is 0 Å². The monoisotopic (exact) mass is 529 g/mol. The Morgan fingerprint density at radius 1 is 0.759 bits per heavy atom. The summed E-state index contributed by atoms with van der Waals surface area (Å²) in [5.74, 6) is 0.458. The zero-order valence-corrected chi connectivity index (χ0v) is 21.0. The largest absolute Gasteiger partial charge is 1.00 e. The standard InChI is InChI=1S/C23H47NO4.HI/c1-24-18-21-28-23(27)15-13-11-9-7-5-3-2-4-6-8-10-12-14-22(16-19-25)17-20-26;/h22,24-26H,2-21H2,1H3;1H. The molecule has 0 aromatic carbocycles. The third-order valence-corrected chi connectivity index (χ3v) is 5.49. The van der Waals surface area contributed by atoms with E-state index in [4.69, 9.17) is 14.9 Å². The molecule has 0 bridgehead atoms. The summed E-state index contributed by atoms with van der Waals surface area (Å²) in [4.78, 5) is 11.5. The van der Waals surface area contributed by atoms with Gasteiger partial charge in [0.1, 0.15) is 13.2 Å². The van der Waals surface area contributed by atoms with Gasteiger partial charge in [-0.05, 0) is 25.2 Å². The number of likely N-dealkylation sites (N-methyl/N-ethyl adjacent to an activating group) is 1. The Bertz CT molecular complexity index is 326. The second kappa shape index (κ2) is 26.1. The van der Waals surface area contributed by atoms with Crippen LogP contribution in [0.1, 0.15) is 103 Å². The van der Waals surface area contributed by atoms with Crippen LogP contribution < -0.4 is 29.3 Å². The van der Waals surface area contributed by atoms with Gasteiger partial charge >= 0.3 is 5.97 Å². The van der Waals surface area contributed by atoms with Crippen molar-refractivity contribution in [1.82, 2.24) is 0 Å². The SMILES string of the molecule is C[NH2+]CCOC(=O)CCCCCCCCCCCCCCC(CCO)CCO.[I-]. The van der Waals surface area contributed by atoms with Crippen LogP contribution in [0.3, 0.4) is 0 Å². The number of hydrogen-bond acceptors (Lipinski definition) is 4. The zero-order chi connectivity index (χ0) is 20.7. The number of quaternary nitrogens is 1. The van der Waals surface area contributed by atoms with Gasteiger partial charge in [0.15, 0.2) is 0 Å². The first-order valence-corrected chi connectivity index (χ1v) is 11.9. The van der Waals surface area contributed by atoms with E-state index in [0.717, 1.165) is 38.6 Å². The molecule has 0 aliphatic carbocycles. The number of nitrogens with two attached hydrogens (primary N) is 1. The molecule has 0 aromatic heterocycles. The van der Waals surface area contributed by atoms with E-state index in [-0.39, 0.29) is 43.2 Å². The van der Waals surface area contributed by atoms with Gasteiger partial charge in [0, 0.05) is 19.6 Å². The molecule has 0 unspecified atom stereocenters. The predicted molar refractivity (Wildman–Crippen MR) is 115 cm³/mol. The highest BCUT2D eigenvalue weighted by atomic mass is 127. The minimum absolute atomic E-state index is 0. The van der Waals surface area contributed by atoms with Crippen molar-refractivity contribution in [1.29, 1.82) is 0 Å². The maximum atomic E-state index is 11.5. The topological polar surface area (TPSA) is 83.4 Å². The number of ether oxygens (including phenoxy) is 1. The second-order valence-corrected chi connectivity index (χ2v) is 8.09. The molecule has 0 rings (SSSR count). The summed E-state index contributed by atoms with van der Waals surface area (Å²) in [6, 6.07) is 0. The molecular weight excluding hydrogens is 481 g/mol. The molecule has 4 N–H and O–H groups in total. The molecule has 6 heteroatoms. The van der Waals surface area contributed by atoms with Crippen LogP contribution in [0.15, 0.2) is 0 Å². The van der Waals surface area contributed by atoms with Gasteiger partial charge in [-0.1, -0.05) is 77.0 Å². The van der Waals surface area contributed by atoms with Crippen LogP contribution in [0.25, 0.3) is 0 Å². The lowest BCUT2D eigenvalue weighted by Gasteiger charge is -2.13. The molecule has 0 saturated carbocycles. The molecular formula is C23H48INO4. The van der Waals surface area contributed by atoms with Gasteiger partial charge in [-0.15, -0.1) is 0 Å². The van der Waals surface area contributed by atoms with Crippen molar-refractivity contribution < 1.29 is 49.0 Å². The fraction of sp³-hybridized carbons (Fsp3) is 0.957. The van der Waals surface area contributed by atoms with Gasteiger partial charge in [-0.2, -0.15) is 0 Å².